The lowest BCUT2D eigenvalue weighted by atomic mass is 10.0. The molecule has 0 aliphatic carbocycles. The van der Waals surface area contributed by atoms with Crippen molar-refractivity contribution in [2.24, 2.45) is 5.92 Å². The lowest BCUT2D eigenvalue weighted by Crippen LogP contribution is -2.29. The Kier molecular flexibility index (Phi) is 9.16. The van der Waals surface area contributed by atoms with E-state index in [0.29, 0.717) is 24.7 Å². The number of carboxylic acid groups (broad SMARTS) is 1. The molecule has 1 atom stereocenters. The fraction of sp³-hybridized carbons (Fsp3) is 0.290. The molecule has 1 aromatic heterocycles. The van der Waals surface area contributed by atoms with Gasteiger partial charge in [-0.2, -0.15) is 0 Å². The molecule has 0 radical (unpaired) electrons. The highest BCUT2D eigenvalue weighted by molar-refractivity contribution is 5.94. The number of hydrogen-bond donors (Lipinski definition) is 3. The van der Waals surface area contributed by atoms with Crippen molar-refractivity contribution in [2.45, 2.75) is 32.7 Å². The summed E-state index contributed by atoms with van der Waals surface area (Å²) in [7, 11) is 0. The zero-order valence-corrected chi connectivity index (χ0v) is 21.8. The van der Waals surface area contributed by atoms with Gasteiger partial charge in [0.2, 0.25) is 0 Å². The average Bonchev–Trinajstić information content (AvgIpc) is 3.33. The number of aliphatic carboxylic acids is 1. The molecular formula is C31H34N2O5. The molecule has 0 aliphatic heterocycles. The minimum atomic E-state index is -0.945. The fourth-order valence-electron chi connectivity index (χ4n) is 4.15. The molecule has 7 nitrogen and oxygen atoms in total. The lowest BCUT2D eigenvalue weighted by Gasteiger charge is -2.21. The van der Waals surface area contributed by atoms with Gasteiger partial charge in [-0.15, -0.1) is 0 Å². The van der Waals surface area contributed by atoms with Crippen LogP contribution >= 0.6 is 0 Å². The minimum absolute atomic E-state index is 0.0287. The van der Waals surface area contributed by atoms with Gasteiger partial charge in [0.15, 0.2) is 0 Å². The Labute approximate surface area is 222 Å². The Balaban J connectivity index is 1.40. The molecule has 0 spiro atoms. The summed E-state index contributed by atoms with van der Waals surface area (Å²) >= 11 is 0. The van der Waals surface area contributed by atoms with Gasteiger partial charge in [-0.3, -0.25) is 9.59 Å². The number of carboxylic acids is 1. The van der Waals surface area contributed by atoms with Crippen molar-refractivity contribution in [3.8, 4) is 11.3 Å². The Morgan fingerprint density at radius 1 is 0.947 bits per heavy atom. The molecule has 3 N–H and O–H groups in total. The first-order chi connectivity index (χ1) is 18.4. The van der Waals surface area contributed by atoms with Crippen molar-refractivity contribution < 1.29 is 23.8 Å². The summed E-state index contributed by atoms with van der Waals surface area (Å²) in [5.74, 6) is 0.0522. The number of ether oxygens (including phenoxy) is 1. The molecule has 7 heteroatoms. The molecule has 1 heterocycles. The third-order valence-corrected chi connectivity index (χ3v) is 6.06. The molecule has 4 aromatic rings. The Bertz CT molecular complexity index is 1310. The highest BCUT2D eigenvalue weighted by Crippen LogP contribution is 2.28. The van der Waals surface area contributed by atoms with E-state index in [4.69, 9.17) is 14.3 Å². The van der Waals surface area contributed by atoms with Gasteiger partial charge in [0, 0.05) is 35.4 Å². The van der Waals surface area contributed by atoms with E-state index >= 15 is 0 Å². The molecule has 0 saturated heterocycles. The van der Waals surface area contributed by atoms with Crippen molar-refractivity contribution in [2.75, 3.05) is 25.1 Å². The predicted molar refractivity (Wildman–Crippen MR) is 149 cm³/mol. The number of rotatable bonds is 13. The van der Waals surface area contributed by atoms with E-state index in [-0.39, 0.29) is 24.9 Å². The smallest absolute Gasteiger partial charge is 0.305 e. The van der Waals surface area contributed by atoms with E-state index in [9.17, 15) is 9.59 Å². The lowest BCUT2D eigenvalue weighted by molar-refractivity contribution is -0.136. The maximum Gasteiger partial charge on any atom is 0.305 e. The van der Waals surface area contributed by atoms with Gasteiger partial charge < -0.3 is 24.9 Å². The molecule has 3 aromatic carbocycles. The first-order valence-electron chi connectivity index (χ1n) is 12.9. The van der Waals surface area contributed by atoms with E-state index in [1.54, 1.807) is 12.1 Å². The maximum atomic E-state index is 12.2. The molecule has 0 bridgehead atoms. The number of benzene rings is 3. The summed E-state index contributed by atoms with van der Waals surface area (Å²) in [6.07, 6.45) is 0.651. The van der Waals surface area contributed by atoms with Crippen LogP contribution in [0.15, 0.2) is 83.3 Å². The second-order valence-electron chi connectivity index (χ2n) is 9.80. The van der Waals surface area contributed by atoms with E-state index in [2.05, 4.69) is 54.8 Å². The number of fused-ring (bicyclic) bond motifs is 1. The summed E-state index contributed by atoms with van der Waals surface area (Å²) in [5.41, 5.74) is 4.44. The summed E-state index contributed by atoms with van der Waals surface area (Å²) in [5, 5.41) is 16.0. The largest absolute Gasteiger partial charge is 0.481 e. The summed E-state index contributed by atoms with van der Waals surface area (Å²) in [6.45, 7) is 5.57. The van der Waals surface area contributed by atoms with Crippen LogP contribution in [-0.2, 0) is 16.0 Å². The molecule has 198 valence electrons. The maximum absolute atomic E-state index is 12.2. The Morgan fingerprint density at radius 3 is 2.37 bits per heavy atom. The van der Waals surface area contributed by atoms with Gasteiger partial charge in [-0.25, -0.2) is 0 Å². The fourth-order valence-corrected chi connectivity index (χ4v) is 4.15. The molecule has 38 heavy (non-hydrogen) atoms. The number of carbonyl (C=O) groups is 2. The summed E-state index contributed by atoms with van der Waals surface area (Å²) in [6, 6.07) is 25.6. The van der Waals surface area contributed by atoms with Crippen LogP contribution in [-0.4, -0.2) is 42.8 Å². The topological polar surface area (TPSA) is 101 Å². The first kappa shape index (κ1) is 26.9. The third-order valence-electron chi connectivity index (χ3n) is 6.06. The first-order valence-corrected chi connectivity index (χ1v) is 12.9. The van der Waals surface area contributed by atoms with Crippen LogP contribution in [0.4, 0.5) is 5.69 Å². The third kappa shape index (κ3) is 7.70. The van der Waals surface area contributed by atoms with Crippen LogP contribution in [0.3, 0.4) is 0 Å². The van der Waals surface area contributed by atoms with Crippen LogP contribution in [0.5, 0.6) is 0 Å². The van der Waals surface area contributed by atoms with Crippen molar-refractivity contribution >= 4 is 28.5 Å². The van der Waals surface area contributed by atoms with Crippen molar-refractivity contribution in [1.29, 1.82) is 0 Å². The molecule has 4 rings (SSSR count). The van der Waals surface area contributed by atoms with Crippen LogP contribution in [0.2, 0.25) is 0 Å². The van der Waals surface area contributed by atoms with Gasteiger partial charge in [0.1, 0.15) is 11.3 Å². The minimum Gasteiger partial charge on any atom is -0.481 e. The van der Waals surface area contributed by atoms with Gasteiger partial charge in [0.25, 0.3) is 5.91 Å². The zero-order valence-electron chi connectivity index (χ0n) is 21.8. The Morgan fingerprint density at radius 2 is 1.68 bits per heavy atom. The number of anilines is 1. The highest BCUT2D eigenvalue weighted by Gasteiger charge is 2.13. The van der Waals surface area contributed by atoms with Gasteiger partial charge in [-0.05, 0) is 54.3 Å². The van der Waals surface area contributed by atoms with E-state index in [1.165, 1.54) is 5.56 Å². The van der Waals surface area contributed by atoms with Crippen molar-refractivity contribution in [3.05, 3.63) is 90.0 Å². The van der Waals surface area contributed by atoms with E-state index < -0.39 is 5.97 Å². The molecule has 0 aliphatic rings. The summed E-state index contributed by atoms with van der Waals surface area (Å²) < 4.78 is 12.0. The van der Waals surface area contributed by atoms with E-state index in [1.807, 2.05) is 36.4 Å². The van der Waals surface area contributed by atoms with Gasteiger partial charge in [-0.1, -0.05) is 56.3 Å². The molecular weight excluding hydrogens is 480 g/mol. The summed E-state index contributed by atoms with van der Waals surface area (Å²) in [4.78, 5) is 22.9. The number of carbonyl (C=O) groups excluding carboxylic acids is 1. The SMILES string of the molecule is CC(C)COC[C@@H](Cc1ccc(-c2cc3ccccc3o2)cc1)Nc1ccc(C(=O)NCCC(=O)O)cc1. The van der Waals surface area contributed by atoms with Gasteiger partial charge in [0.05, 0.1) is 19.1 Å². The zero-order chi connectivity index (χ0) is 26.9. The molecule has 0 fully saturated rings. The number of para-hydroxylation sites is 1. The normalized spacial score (nSPS) is 12.0. The second kappa shape index (κ2) is 12.9. The molecule has 0 unspecified atom stereocenters. The number of hydrogen-bond acceptors (Lipinski definition) is 5. The van der Waals surface area contributed by atoms with E-state index in [0.717, 1.165) is 34.4 Å². The quantitative estimate of drug-likeness (QED) is 0.202. The number of nitrogens with one attached hydrogen (secondary N) is 2. The second-order valence-corrected chi connectivity index (χ2v) is 9.80. The van der Waals surface area contributed by atoms with Crippen molar-refractivity contribution in [1.82, 2.24) is 5.32 Å². The number of amides is 1. The van der Waals surface area contributed by atoms with Crippen LogP contribution in [0, 0.1) is 5.92 Å². The molecule has 0 saturated carbocycles. The number of furan rings is 1. The highest BCUT2D eigenvalue weighted by atomic mass is 16.5. The monoisotopic (exact) mass is 514 g/mol. The average molecular weight is 515 g/mol. The Hall–Kier alpha value is -4.10. The van der Waals surface area contributed by atoms with Crippen molar-refractivity contribution in [3.63, 3.8) is 0 Å². The van der Waals surface area contributed by atoms with Crippen LogP contribution < -0.4 is 10.6 Å². The van der Waals surface area contributed by atoms with Crippen LogP contribution in [0.25, 0.3) is 22.3 Å². The van der Waals surface area contributed by atoms with Crippen LogP contribution in [0.1, 0.15) is 36.2 Å². The van der Waals surface area contributed by atoms with Gasteiger partial charge >= 0.3 is 5.97 Å². The standard InChI is InChI=1S/C31H34N2O5/c1-21(2)19-37-20-27(33-26-13-11-24(12-14-26)31(36)32-16-15-30(34)35)17-22-7-9-23(10-8-22)29-18-25-5-3-4-6-28(25)38-29/h3-14,18,21,27,33H,15-17,19-20H2,1-2H3,(H,32,36)(H,34,35)/t27-/m1/s1. The molecule has 1 amide bonds. The predicted octanol–water partition coefficient (Wildman–Crippen LogP) is 6.00.